The van der Waals surface area contributed by atoms with Crippen molar-refractivity contribution in [2.24, 2.45) is 0 Å². The van der Waals surface area contributed by atoms with Gasteiger partial charge in [0.1, 0.15) is 23.4 Å². The lowest BCUT2D eigenvalue weighted by molar-refractivity contribution is -0.0249. The maximum absolute atomic E-state index is 14.1. The number of para-hydroxylation sites is 1. The highest BCUT2D eigenvalue weighted by Gasteiger charge is 2.29. The van der Waals surface area contributed by atoms with Crippen LogP contribution in [0.25, 0.3) is 22.0 Å². The number of nitrogens with zero attached hydrogens (tertiary/aromatic N) is 2. The average molecular weight is 445 g/mol. The summed E-state index contributed by atoms with van der Waals surface area (Å²) in [6, 6.07) is 16.0. The van der Waals surface area contributed by atoms with Crippen LogP contribution in [0.2, 0.25) is 0 Å². The molecule has 1 atom stereocenters. The Kier molecular flexibility index (Phi) is 5.56. The van der Waals surface area contributed by atoms with E-state index in [1.165, 1.54) is 6.07 Å². The number of rotatable bonds is 4. The second kappa shape index (κ2) is 8.67. The van der Waals surface area contributed by atoms with E-state index in [2.05, 4.69) is 9.97 Å². The molecule has 2 aromatic heterocycles. The lowest BCUT2D eigenvalue weighted by atomic mass is 10.1. The minimum atomic E-state index is -0.350. The zero-order valence-corrected chi connectivity index (χ0v) is 18.5. The number of H-pyrrole nitrogens is 1. The van der Waals surface area contributed by atoms with Crippen molar-refractivity contribution in [2.75, 3.05) is 26.8 Å². The van der Waals surface area contributed by atoms with Crippen molar-refractivity contribution in [3.63, 3.8) is 0 Å². The van der Waals surface area contributed by atoms with E-state index in [1.807, 2.05) is 37.3 Å². The smallest absolute Gasteiger partial charge is 0.270 e. The maximum Gasteiger partial charge on any atom is 0.270 e. The molecule has 3 heterocycles. The molecule has 4 aromatic rings. The number of pyridine rings is 1. The Hall–Kier alpha value is -3.71. The zero-order chi connectivity index (χ0) is 22.9. The van der Waals surface area contributed by atoms with Crippen molar-refractivity contribution in [3.8, 4) is 16.9 Å². The molecule has 2 aromatic carbocycles. The molecule has 0 saturated carbocycles. The van der Waals surface area contributed by atoms with Gasteiger partial charge >= 0.3 is 0 Å². The molecule has 33 heavy (non-hydrogen) atoms. The fourth-order valence-corrected chi connectivity index (χ4v) is 4.33. The Labute approximate surface area is 191 Å². The van der Waals surface area contributed by atoms with E-state index in [1.54, 1.807) is 36.4 Å². The fourth-order valence-electron chi connectivity index (χ4n) is 4.33. The summed E-state index contributed by atoms with van der Waals surface area (Å²) < 4.78 is 25.4. The molecule has 0 spiro atoms. The normalized spacial score (nSPS) is 16.2. The molecule has 1 aliphatic rings. The predicted octanol–water partition coefficient (Wildman–Crippen LogP) is 4.90. The highest BCUT2D eigenvalue weighted by atomic mass is 19.1. The number of amides is 1. The van der Waals surface area contributed by atoms with Gasteiger partial charge < -0.3 is 19.4 Å². The second-order valence-electron chi connectivity index (χ2n) is 8.07. The minimum absolute atomic E-state index is 0.0815. The Morgan fingerprint density at radius 3 is 2.79 bits per heavy atom. The van der Waals surface area contributed by atoms with Crippen molar-refractivity contribution in [1.82, 2.24) is 14.9 Å². The van der Waals surface area contributed by atoms with E-state index in [9.17, 15) is 9.18 Å². The van der Waals surface area contributed by atoms with E-state index < -0.39 is 0 Å². The molecule has 0 radical (unpaired) electrons. The molecule has 1 N–H and O–H groups in total. The number of aromatic nitrogens is 2. The molecule has 1 aliphatic heterocycles. The molecule has 168 valence electrons. The topological polar surface area (TPSA) is 67.4 Å². The van der Waals surface area contributed by atoms with Crippen LogP contribution in [0.4, 0.5) is 4.39 Å². The number of methoxy groups -OCH3 is 1. The van der Waals surface area contributed by atoms with Gasteiger partial charge in [-0.25, -0.2) is 4.39 Å². The molecule has 5 rings (SSSR count). The summed E-state index contributed by atoms with van der Waals surface area (Å²) in [6.45, 7) is 3.23. The molecule has 1 amide bonds. The lowest BCUT2D eigenvalue weighted by Gasteiger charge is -2.32. The van der Waals surface area contributed by atoms with Gasteiger partial charge in [0.15, 0.2) is 0 Å². The van der Waals surface area contributed by atoms with Crippen molar-refractivity contribution in [3.05, 3.63) is 83.6 Å². The number of hydrogen-bond donors (Lipinski definition) is 1. The number of morpholine rings is 1. The van der Waals surface area contributed by atoms with Crippen molar-refractivity contribution in [1.29, 1.82) is 0 Å². The molecular formula is C26H24FN3O3. The SMILES string of the molecule is COc1cccc2c(C)c(C(=O)N3CCO[C@@H](c4ccc(-c5ccccc5F)cn4)C3)[nH]c12. The number of carbonyl (C=O) groups is 1. The van der Waals surface area contributed by atoms with Crippen LogP contribution in [-0.4, -0.2) is 47.6 Å². The summed E-state index contributed by atoms with van der Waals surface area (Å²) in [5.41, 5.74) is 4.17. The number of aryl methyl sites for hydroxylation is 1. The first-order chi connectivity index (χ1) is 16.1. The van der Waals surface area contributed by atoms with Gasteiger partial charge in [0, 0.05) is 29.3 Å². The average Bonchev–Trinajstić information content (AvgIpc) is 3.20. The Morgan fingerprint density at radius 1 is 1.18 bits per heavy atom. The molecule has 0 aliphatic carbocycles. The van der Waals surface area contributed by atoms with Gasteiger partial charge in [-0.1, -0.05) is 36.4 Å². The van der Waals surface area contributed by atoms with Crippen LogP contribution in [0.5, 0.6) is 5.75 Å². The van der Waals surface area contributed by atoms with Crippen LogP contribution >= 0.6 is 0 Å². The fraction of sp³-hybridized carbons (Fsp3) is 0.231. The molecule has 6 nitrogen and oxygen atoms in total. The van der Waals surface area contributed by atoms with Gasteiger partial charge in [-0.3, -0.25) is 9.78 Å². The number of fused-ring (bicyclic) bond motifs is 1. The number of benzene rings is 2. The zero-order valence-electron chi connectivity index (χ0n) is 18.5. The minimum Gasteiger partial charge on any atom is -0.495 e. The molecule has 7 heteroatoms. The highest BCUT2D eigenvalue weighted by molar-refractivity contribution is 6.02. The van der Waals surface area contributed by atoms with Crippen LogP contribution in [0.3, 0.4) is 0 Å². The van der Waals surface area contributed by atoms with Gasteiger partial charge in [-0.05, 0) is 30.7 Å². The third-order valence-electron chi connectivity index (χ3n) is 6.14. The summed E-state index contributed by atoms with van der Waals surface area (Å²) >= 11 is 0. The lowest BCUT2D eigenvalue weighted by Crippen LogP contribution is -2.42. The van der Waals surface area contributed by atoms with E-state index in [0.29, 0.717) is 48.0 Å². The molecule has 0 unspecified atom stereocenters. The third kappa shape index (κ3) is 3.85. The number of ether oxygens (including phenoxy) is 2. The number of hydrogen-bond acceptors (Lipinski definition) is 4. The summed E-state index contributed by atoms with van der Waals surface area (Å²) in [7, 11) is 1.61. The van der Waals surface area contributed by atoms with Crippen molar-refractivity contribution in [2.45, 2.75) is 13.0 Å². The number of carbonyl (C=O) groups excluding carboxylic acids is 1. The third-order valence-corrected chi connectivity index (χ3v) is 6.14. The quantitative estimate of drug-likeness (QED) is 0.485. The van der Waals surface area contributed by atoms with Crippen LogP contribution in [0.1, 0.15) is 27.8 Å². The van der Waals surface area contributed by atoms with Crippen LogP contribution < -0.4 is 4.74 Å². The predicted molar refractivity (Wildman–Crippen MR) is 124 cm³/mol. The maximum atomic E-state index is 14.1. The van der Waals surface area contributed by atoms with Crippen molar-refractivity contribution >= 4 is 16.8 Å². The van der Waals surface area contributed by atoms with Gasteiger partial charge in [-0.15, -0.1) is 0 Å². The van der Waals surface area contributed by atoms with Gasteiger partial charge in [0.25, 0.3) is 5.91 Å². The Morgan fingerprint density at radius 2 is 2.03 bits per heavy atom. The Balaban J connectivity index is 1.37. The van der Waals surface area contributed by atoms with E-state index >= 15 is 0 Å². The van der Waals surface area contributed by atoms with Gasteiger partial charge in [-0.2, -0.15) is 0 Å². The molecule has 1 fully saturated rings. The largest absolute Gasteiger partial charge is 0.495 e. The number of nitrogens with one attached hydrogen (secondary N) is 1. The second-order valence-corrected chi connectivity index (χ2v) is 8.07. The summed E-state index contributed by atoms with van der Waals surface area (Å²) in [6.07, 6.45) is 1.29. The first-order valence-electron chi connectivity index (χ1n) is 10.8. The Bertz CT molecular complexity index is 1320. The van der Waals surface area contributed by atoms with E-state index in [4.69, 9.17) is 9.47 Å². The van der Waals surface area contributed by atoms with Crippen LogP contribution in [0, 0.1) is 12.7 Å². The van der Waals surface area contributed by atoms with Gasteiger partial charge in [0.2, 0.25) is 0 Å². The van der Waals surface area contributed by atoms with Crippen molar-refractivity contribution < 1.29 is 18.7 Å². The monoisotopic (exact) mass is 445 g/mol. The highest BCUT2D eigenvalue weighted by Crippen LogP contribution is 2.31. The van der Waals surface area contributed by atoms with Crippen LogP contribution in [-0.2, 0) is 4.74 Å². The summed E-state index contributed by atoms with van der Waals surface area (Å²) in [5, 5.41) is 0.966. The van der Waals surface area contributed by atoms with Gasteiger partial charge in [0.05, 0.1) is 31.5 Å². The summed E-state index contributed by atoms with van der Waals surface area (Å²) in [5.74, 6) is 0.332. The standard InChI is InChI=1S/C26H24FN3O3/c1-16-18-7-5-9-22(32-2)25(18)29-24(16)26(31)30-12-13-33-23(15-30)21-11-10-17(14-28-21)19-6-3-4-8-20(19)27/h3-11,14,23,29H,12-13,15H2,1-2H3/t23-/m1/s1. The number of halogens is 1. The molecule has 1 saturated heterocycles. The first-order valence-corrected chi connectivity index (χ1v) is 10.8. The summed E-state index contributed by atoms with van der Waals surface area (Å²) in [4.78, 5) is 22.9. The van der Waals surface area contributed by atoms with Crippen LogP contribution in [0.15, 0.2) is 60.8 Å². The molecular weight excluding hydrogens is 421 g/mol. The van der Waals surface area contributed by atoms with E-state index in [-0.39, 0.29) is 17.8 Å². The number of aromatic amines is 1. The molecule has 0 bridgehead atoms. The first kappa shape index (κ1) is 21.2. The van der Waals surface area contributed by atoms with E-state index in [0.717, 1.165) is 16.5 Å².